The van der Waals surface area contributed by atoms with Crippen molar-refractivity contribution in [3.63, 3.8) is 0 Å². The number of hydrogen-bond donors (Lipinski definition) is 3. The van der Waals surface area contributed by atoms with E-state index in [1.807, 2.05) is 31.2 Å². The van der Waals surface area contributed by atoms with Crippen LogP contribution in [-0.2, 0) is 11.3 Å². The molecule has 0 heterocycles. The average molecular weight is 369 g/mol. The van der Waals surface area contributed by atoms with Crippen molar-refractivity contribution in [1.82, 2.24) is 10.6 Å². The largest absolute Gasteiger partial charge is 0.357 e. The quantitative estimate of drug-likeness (QED) is 0.417. The zero-order valence-electron chi connectivity index (χ0n) is 14.6. The fraction of sp³-hybridized carbons (Fsp3) is 0.200. The van der Waals surface area contributed by atoms with E-state index < -0.39 is 0 Å². The molecule has 0 saturated heterocycles. The number of aliphatic imine (C=N–C) groups is 1. The third-order valence-corrected chi connectivity index (χ3v) is 3.81. The maximum absolute atomic E-state index is 12.1. The van der Waals surface area contributed by atoms with Crippen molar-refractivity contribution in [3.8, 4) is 12.3 Å². The van der Waals surface area contributed by atoms with Crippen LogP contribution in [0.5, 0.6) is 0 Å². The maximum atomic E-state index is 12.1. The number of terminal acetylenes is 1. The summed E-state index contributed by atoms with van der Waals surface area (Å²) in [5, 5.41) is 9.56. The van der Waals surface area contributed by atoms with E-state index >= 15 is 0 Å². The van der Waals surface area contributed by atoms with Crippen LogP contribution in [0.3, 0.4) is 0 Å². The molecule has 2 aromatic rings. The molecule has 0 aliphatic carbocycles. The predicted octanol–water partition coefficient (Wildman–Crippen LogP) is 3.02. The minimum Gasteiger partial charge on any atom is -0.357 e. The lowest BCUT2D eigenvalue weighted by Gasteiger charge is -2.12. The van der Waals surface area contributed by atoms with Crippen LogP contribution in [0.2, 0.25) is 5.02 Å². The highest BCUT2D eigenvalue weighted by Gasteiger charge is 2.05. The van der Waals surface area contributed by atoms with Gasteiger partial charge in [-0.3, -0.25) is 4.79 Å². The summed E-state index contributed by atoms with van der Waals surface area (Å²) in [6.45, 7) is 3.13. The summed E-state index contributed by atoms with van der Waals surface area (Å²) >= 11 is 6.14. The zero-order chi connectivity index (χ0) is 18.8. The molecule has 0 aromatic heterocycles. The lowest BCUT2D eigenvalue weighted by atomic mass is 10.2. The van der Waals surface area contributed by atoms with Crippen LogP contribution in [0.25, 0.3) is 0 Å². The molecule has 26 heavy (non-hydrogen) atoms. The number of halogens is 1. The fourth-order valence-corrected chi connectivity index (χ4v) is 2.38. The number of guanidine groups is 1. The maximum Gasteiger partial charge on any atom is 0.243 e. The lowest BCUT2D eigenvalue weighted by molar-refractivity contribution is -0.115. The number of nitrogens with zero attached hydrogens (tertiary/aromatic N) is 1. The van der Waals surface area contributed by atoms with E-state index in [9.17, 15) is 4.79 Å². The van der Waals surface area contributed by atoms with E-state index in [-0.39, 0.29) is 12.5 Å². The van der Waals surface area contributed by atoms with E-state index in [2.05, 4.69) is 26.9 Å². The summed E-state index contributed by atoms with van der Waals surface area (Å²) in [5.74, 6) is 2.89. The third-order valence-electron chi connectivity index (χ3n) is 3.44. The second kappa shape index (κ2) is 10.1. The standard InChI is InChI=1S/C20H21ClN4O/c1-3-15-8-7-10-17(12-15)25-19(26)14-24-20(22-4-2)23-13-16-9-5-6-11-18(16)21/h1,5-12H,4,13-14H2,2H3,(H,25,26)(H2,22,23,24). The first-order valence-corrected chi connectivity index (χ1v) is 8.62. The highest BCUT2D eigenvalue weighted by Crippen LogP contribution is 2.15. The Hall–Kier alpha value is -2.97. The Balaban J connectivity index is 1.92. The number of benzene rings is 2. The van der Waals surface area contributed by atoms with Crippen LogP contribution in [0.1, 0.15) is 18.1 Å². The summed E-state index contributed by atoms with van der Waals surface area (Å²) in [6, 6.07) is 14.7. The Morgan fingerprint density at radius 3 is 2.73 bits per heavy atom. The van der Waals surface area contributed by atoms with Gasteiger partial charge in [-0.15, -0.1) is 6.42 Å². The molecule has 134 valence electrons. The molecule has 0 radical (unpaired) electrons. The molecule has 2 rings (SSSR count). The molecule has 0 aliphatic rings. The fourth-order valence-electron chi connectivity index (χ4n) is 2.19. The van der Waals surface area contributed by atoms with Crippen molar-refractivity contribution in [2.75, 3.05) is 18.4 Å². The molecule has 1 amide bonds. The molecule has 0 unspecified atom stereocenters. The Bertz CT molecular complexity index is 827. The molecule has 5 nitrogen and oxygen atoms in total. The summed E-state index contributed by atoms with van der Waals surface area (Å²) in [6.07, 6.45) is 5.36. The molecular weight excluding hydrogens is 348 g/mol. The van der Waals surface area contributed by atoms with Crippen LogP contribution in [-0.4, -0.2) is 25.0 Å². The number of anilines is 1. The van der Waals surface area contributed by atoms with Gasteiger partial charge in [0, 0.05) is 22.8 Å². The monoisotopic (exact) mass is 368 g/mol. The van der Waals surface area contributed by atoms with Crippen molar-refractivity contribution in [1.29, 1.82) is 0 Å². The molecule has 2 aromatic carbocycles. The minimum absolute atomic E-state index is 0.0780. The molecule has 0 atom stereocenters. The Kier molecular flexibility index (Phi) is 7.53. The lowest BCUT2D eigenvalue weighted by Crippen LogP contribution is -2.41. The highest BCUT2D eigenvalue weighted by atomic mass is 35.5. The molecular formula is C20H21ClN4O. The first kappa shape index (κ1) is 19.4. The van der Waals surface area contributed by atoms with Gasteiger partial charge in [-0.2, -0.15) is 0 Å². The normalized spacial score (nSPS) is 10.7. The summed E-state index contributed by atoms with van der Waals surface area (Å²) in [7, 11) is 0. The van der Waals surface area contributed by atoms with Gasteiger partial charge in [0.05, 0.1) is 13.1 Å². The van der Waals surface area contributed by atoms with E-state index in [0.29, 0.717) is 35.3 Å². The predicted molar refractivity (Wildman–Crippen MR) is 107 cm³/mol. The Morgan fingerprint density at radius 2 is 2.00 bits per heavy atom. The van der Waals surface area contributed by atoms with Crippen molar-refractivity contribution in [3.05, 3.63) is 64.7 Å². The van der Waals surface area contributed by atoms with Crippen LogP contribution in [0, 0.1) is 12.3 Å². The summed E-state index contributed by atoms with van der Waals surface area (Å²) in [5.41, 5.74) is 2.29. The van der Waals surface area contributed by atoms with Gasteiger partial charge < -0.3 is 16.0 Å². The third kappa shape index (κ3) is 6.15. The molecule has 0 spiro atoms. The molecule has 0 aliphatic heterocycles. The van der Waals surface area contributed by atoms with Crippen LogP contribution >= 0.6 is 11.6 Å². The van der Waals surface area contributed by atoms with Gasteiger partial charge in [-0.1, -0.05) is 41.8 Å². The smallest absolute Gasteiger partial charge is 0.243 e. The Morgan fingerprint density at radius 1 is 1.19 bits per heavy atom. The van der Waals surface area contributed by atoms with Crippen molar-refractivity contribution < 1.29 is 4.79 Å². The molecule has 0 saturated carbocycles. The molecule has 3 N–H and O–H groups in total. The SMILES string of the molecule is C#Cc1cccc(NC(=O)CNC(=NCc2ccccc2Cl)NCC)c1. The van der Waals surface area contributed by atoms with Gasteiger partial charge >= 0.3 is 0 Å². The van der Waals surface area contributed by atoms with Crippen LogP contribution in [0.4, 0.5) is 5.69 Å². The molecule has 6 heteroatoms. The number of hydrogen-bond acceptors (Lipinski definition) is 2. The number of carbonyl (C=O) groups is 1. The van der Waals surface area contributed by atoms with E-state index in [4.69, 9.17) is 18.0 Å². The zero-order valence-corrected chi connectivity index (χ0v) is 15.3. The second-order valence-corrected chi connectivity index (χ2v) is 5.82. The average Bonchev–Trinajstić information content (AvgIpc) is 2.65. The summed E-state index contributed by atoms with van der Waals surface area (Å²) < 4.78 is 0. The minimum atomic E-state index is -0.192. The topological polar surface area (TPSA) is 65.5 Å². The van der Waals surface area contributed by atoms with Gasteiger partial charge in [0.25, 0.3) is 0 Å². The van der Waals surface area contributed by atoms with Crippen molar-refractivity contribution in [2.45, 2.75) is 13.5 Å². The van der Waals surface area contributed by atoms with Crippen LogP contribution in [0.15, 0.2) is 53.5 Å². The number of carbonyl (C=O) groups excluding carboxylic acids is 1. The van der Waals surface area contributed by atoms with Gasteiger partial charge in [0.2, 0.25) is 5.91 Å². The van der Waals surface area contributed by atoms with Gasteiger partial charge in [0.15, 0.2) is 5.96 Å². The number of rotatable bonds is 6. The van der Waals surface area contributed by atoms with Crippen molar-refractivity contribution in [2.24, 2.45) is 4.99 Å². The summed E-state index contributed by atoms with van der Waals surface area (Å²) in [4.78, 5) is 16.6. The van der Waals surface area contributed by atoms with Gasteiger partial charge in [0.1, 0.15) is 0 Å². The van der Waals surface area contributed by atoms with E-state index in [1.54, 1.807) is 24.3 Å². The highest BCUT2D eigenvalue weighted by molar-refractivity contribution is 6.31. The number of amides is 1. The first-order valence-electron chi connectivity index (χ1n) is 8.24. The van der Waals surface area contributed by atoms with E-state index in [0.717, 1.165) is 5.56 Å². The second-order valence-electron chi connectivity index (χ2n) is 5.41. The van der Waals surface area contributed by atoms with Gasteiger partial charge in [-0.05, 0) is 36.8 Å². The number of nitrogens with one attached hydrogen (secondary N) is 3. The molecule has 0 bridgehead atoms. The first-order chi connectivity index (χ1) is 12.6. The molecule has 0 fully saturated rings. The Labute approximate surface area is 158 Å². The van der Waals surface area contributed by atoms with Crippen molar-refractivity contribution >= 4 is 29.2 Å². The van der Waals surface area contributed by atoms with E-state index in [1.165, 1.54) is 0 Å². The van der Waals surface area contributed by atoms with Gasteiger partial charge in [-0.25, -0.2) is 4.99 Å². The van der Waals surface area contributed by atoms with Crippen LogP contribution < -0.4 is 16.0 Å².